The van der Waals surface area contributed by atoms with Crippen LogP contribution >= 0.6 is 0 Å². The van der Waals surface area contributed by atoms with Gasteiger partial charge in [-0.05, 0) is 26.8 Å². The Hall–Kier alpha value is -1.20. The highest BCUT2D eigenvalue weighted by Crippen LogP contribution is 2.24. The average molecular weight is 237 g/mol. The second-order valence-electron chi connectivity index (χ2n) is 5.02. The maximum atomic E-state index is 9.26. The molecule has 1 aromatic rings. The Labute approximate surface area is 101 Å². The minimum Gasteiger partial charge on any atom is -0.394 e. The summed E-state index contributed by atoms with van der Waals surface area (Å²) >= 11 is 0. The molecule has 5 heteroatoms. The van der Waals surface area contributed by atoms with E-state index in [0.717, 1.165) is 18.2 Å². The van der Waals surface area contributed by atoms with Gasteiger partial charge in [0.05, 0.1) is 18.3 Å². The summed E-state index contributed by atoms with van der Waals surface area (Å²) in [5.41, 5.74) is -0.273. The maximum Gasteiger partial charge on any atom is 0.132 e. The number of aliphatic hydroxyl groups is 1. The summed E-state index contributed by atoms with van der Waals surface area (Å²) in [6.45, 7) is 7.38. The van der Waals surface area contributed by atoms with Crippen LogP contribution in [-0.2, 0) is 4.74 Å². The largest absolute Gasteiger partial charge is 0.394 e. The molecule has 0 aromatic carbocycles. The van der Waals surface area contributed by atoms with Crippen molar-refractivity contribution >= 4 is 5.82 Å². The topological polar surface area (TPSA) is 58.5 Å². The summed E-state index contributed by atoms with van der Waals surface area (Å²) in [6, 6.07) is 1.89. The highest BCUT2D eigenvalue weighted by atomic mass is 16.5. The predicted molar refractivity (Wildman–Crippen MR) is 65.0 cm³/mol. The van der Waals surface area contributed by atoms with Crippen molar-refractivity contribution in [3.63, 3.8) is 0 Å². The zero-order valence-electron chi connectivity index (χ0n) is 10.6. The van der Waals surface area contributed by atoms with Crippen molar-refractivity contribution < 1.29 is 9.84 Å². The number of hydrogen-bond acceptors (Lipinski definition) is 5. The molecule has 1 atom stereocenters. The van der Waals surface area contributed by atoms with E-state index in [2.05, 4.69) is 14.9 Å². The fourth-order valence-electron chi connectivity index (χ4n) is 2.19. The number of aliphatic hydroxyl groups excluding tert-OH is 1. The number of aromatic nitrogens is 2. The highest BCUT2D eigenvalue weighted by molar-refractivity contribution is 5.38. The minimum absolute atomic E-state index is 0.0317. The molecule has 1 aliphatic rings. The molecule has 0 radical (unpaired) electrons. The maximum absolute atomic E-state index is 9.26. The standard InChI is InChI=1S/C12H19N3O2/c1-9-13-5-4-11(14-9)15-6-10(7-16)17-12(2,3)8-15/h4-5,10,16H,6-8H2,1-3H3. The van der Waals surface area contributed by atoms with E-state index in [1.165, 1.54) is 0 Å². The van der Waals surface area contributed by atoms with E-state index < -0.39 is 0 Å². The van der Waals surface area contributed by atoms with E-state index in [4.69, 9.17) is 4.74 Å². The van der Waals surface area contributed by atoms with E-state index in [9.17, 15) is 5.11 Å². The van der Waals surface area contributed by atoms with E-state index in [1.807, 2.05) is 26.8 Å². The molecule has 17 heavy (non-hydrogen) atoms. The van der Waals surface area contributed by atoms with Gasteiger partial charge in [-0.25, -0.2) is 9.97 Å². The molecule has 0 aliphatic carbocycles. The van der Waals surface area contributed by atoms with Gasteiger partial charge in [0.1, 0.15) is 11.6 Å². The summed E-state index contributed by atoms with van der Waals surface area (Å²) in [4.78, 5) is 10.6. The fraction of sp³-hybridized carbons (Fsp3) is 0.667. The lowest BCUT2D eigenvalue weighted by Gasteiger charge is -2.42. The first-order valence-corrected chi connectivity index (χ1v) is 5.83. The van der Waals surface area contributed by atoms with Gasteiger partial charge in [0, 0.05) is 19.3 Å². The highest BCUT2D eigenvalue weighted by Gasteiger charge is 2.33. The Bertz CT molecular complexity index is 395. The van der Waals surface area contributed by atoms with Crippen LogP contribution in [0.1, 0.15) is 19.7 Å². The molecule has 2 heterocycles. The molecule has 1 saturated heterocycles. The quantitative estimate of drug-likeness (QED) is 0.823. The van der Waals surface area contributed by atoms with Crippen molar-refractivity contribution in [1.82, 2.24) is 9.97 Å². The van der Waals surface area contributed by atoms with E-state index in [-0.39, 0.29) is 18.3 Å². The second-order valence-corrected chi connectivity index (χ2v) is 5.02. The van der Waals surface area contributed by atoms with Crippen LogP contribution in [0.15, 0.2) is 12.3 Å². The Morgan fingerprint density at radius 3 is 3.00 bits per heavy atom. The normalized spacial score (nSPS) is 23.8. The predicted octanol–water partition coefficient (Wildman–Crippen LogP) is 0.761. The number of rotatable bonds is 2. The number of morpholine rings is 1. The number of anilines is 1. The van der Waals surface area contributed by atoms with Crippen LogP contribution in [0.3, 0.4) is 0 Å². The lowest BCUT2D eigenvalue weighted by molar-refractivity contribution is -0.101. The molecule has 1 aromatic heterocycles. The molecular weight excluding hydrogens is 218 g/mol. The Balaban J connectivity index is 2.20. The number of aryl methyl sites for hydroxylation is 1. The molecule has 2 rings (SSSR count). The molecule has 5 nitrogen and oxygen atoms in total. The molecule has 1 N–H and O–H groups in total. The molecule has 0 saturated carbocycles. The number of nitrogens with zero attached hydrogens (tertiary/aromatic N) is 3. The number of ether oxygens (including phenoxy) is 1. The van der Waals surface area contributed by atoms with Crippen LogP contribution < -0.4 is 4.90 Å². The Kier molecular flexibility index (Phi) is 3.31. The average Bonchev–Trinajstić information content (AvgIpc) is 2.27. The zero-order valence-corrected chi connectivity index (χ0v) is 10.6. The lowest BCUT2D eigenvalue weighted by atomic mass is 10.1. The van der Waals surface area contributed by atoms with Gasteiger partial charge in [0.25, 0.3) is 0 Å². The molecule has 1 unspecified atom stereocenters. The van der Waals surface area contributed by atoms with Crippen LogP contribution in [0.5, 0.6) is 0 Å². The van der Waals surface area contributed by atoms with Crippen molar-refractivity contribution in [3.8, 4) is 0 Å². The third-order valence-corrected chi connectivity index (χ3v) is 2.77. The first kappa shape index (κ1) is 12.3. The van der Waals surface area contributed by atoms with Crippen LogP contribution in [0.4, 0.5) is 5.82 Å². The summed E-state index contributed by atoms with van der Waals surface area (Å²) in [6.07, 6.45) is 1.60. The molecule has 94 valence electrons. The second kappa shape index (κ2) is 4.58. The van der Waals surface area contributed by atoms with Gasteiger partial charge in [0.15, 0.2) is 0 Å². The van der Waals surface area contributed by atoms with Crippen LogP contribution in [0.25, 0.3) is 0 Å². The summed E-state index contributed by atoms with van der Waals surface area (Å²) in [7, 11) is 0. The van der Waals surface area contributed by atoms with Crippen molar-refractivity contribution in [2.75, 3.05) is 24.6 Å². The first-order valence-electron chi connectivity index (χ1n) is 5.83. The third kappa shape index (κ3) is 2.92. The fourth-order valence-corrected chi connectivity index (χ4v) is 2.19. The van der Waals surface area contributed by atoms with Gasteiger partial charge in [-0.2, -0.15) is 0 Å². The summed E-state index contributed by atoms with van der Waals surface area (Å²) in [5.74, 6) is 1.65. The molecule has 0 spiro atoms. The SMILES string of the molecule is Cc1nccc(N2CC(CO)OC(C)(C)C2)n1. The van der Waals surface area contributed by atoms with Crippen molar-refractivity contribution in [3.05, 3.63) is 18.1 Å². The monoisotopic (exact) mass is 237 g/mol. The van der Waals surface area contributed by atoms with Crippen molar-refractivity contribution in [1.29, 1.82) is 0 Å². The first-order chi connectivity index (χ1) is 8.00. The van der Waals surface area contributed by atoms with Gasteiger partial charge < -0.3 is 14.7 Å². The molecule has 1 aliphatic heterocycles. The van der Waals surface area contributed by atoms with Gasteiger partial charge in [-0.3, -0.25) is 0 Å². The van der Waals surface area contributed by atoms with E-state index >= 15 is 0 Å². The van der Waals surface area contributed by atoms with Gasteiger partial charge in [0.2, 0.25) is 0 Å². The molecule has 1 fully saturated rings. The summed E-state index contributed by atoms with van der Waals surface area (Å²) in [5, 5.41) is 9.26. The van der Waals surface area contributed by atoms with Crippen LogP contribution in [0, 0.1) is 6.92 Å². The smallest absolute Gasteiger partial charge is 0.132 e. The van der Waals surface area contributed by atoms with Crippen molar-refractivity contribution in [2.24, 2.45) is 0 Å². The van der Waals surface area contributed by atoms with Gasteiger partial charge >= 0.3 is 0 Å². The number of hydrogen-bond donors (Lipinski definition) is 1. The van der Waals surface area contributed by atoms with E-state index in [0.29, 0.717) is 6.54 Å². The Morgan fingerprint density at radius 2 is 2.35 bits per heavy atom. The minimum atomic E-state index is -0.273. The molecule has 0 amide bonds. The van der Waals surface area contributed by atoms with Crippen LogP contribution in [0.2, 0.25) is 0 Å². The summed E-state index contributed by atoms with van der Waals surface area (Å²) < 4.78 is 5.77. The zero-order chi connectivity index (χ0) is 12.5. The lowest BCUT2D eigenvalue weighted by Crippen LogP contribution is -2.54. The molecular formula is C12H19N3O2. The molecule has 0 bridgehead atoms. The van der Waals surface area contributed by atoms with E-state index in [1.54, 1.807) is 6.20 Å². The van der Waals surface area contributed by atoms with Crippen molar-refractivity contribution in [2.45, 2.75) is 32.5 Å². The van der Waals surface area contributed by atoms with Crippen LogP contribution in [-0.4, -0.2) is 46.5 Å². The van der Waals surface area contributed by atoms with Gasteiger partial charge in [-0.15, -0.1) is 0 Å². The van der Waals surface area contributed by atoms with Gasteiger partial charge in [-0.1, -0.05) is 0 Å². The Morgan fingerprint density at radius 1 is 1.59 bits per heavy atom. The third-order valence-electron chi connectivity index (χ3n) is 2.77.